The third-order valence-corrected chi connectivity index (χ3v) is 25.1. The summed E-state index contributed by atoms with van der Waals surface area (Å²) in [4.78, 5) is 91.7. The van der Waals surface area contributed by atoms with Crippen LogP contribution in [0.2, 0.25) is 0 Å². The first kappa shape index (κ1) is 95.6. The predicted octanol–water partition coefficient (Wildman–Crippen LogP) is 15.4. The molecule has 0 unspecified atom stereocenters. The van der Waals surface area contributed by atoms with Crippen molar-refractivity contribution in [1.82, 2.24) is 26.6 Å². The van der Waals surface area contributed by atoms with Crippen molar-refractivity contribution in [3.8, 4) is 11.5 Å². The summed E-state index contributed by atoms with van der Waals surface area (Å²) < 4.78 is 61.4. The van der Waals surface area contributed by atoms with Crippen molar-refractivity contribution < 1.29 is 85.8 Å². The van der Waals surface area contributed by atoms with Crippen LogP contribution in [0.1, 0.15) is 165 Å². The number of hydrogen-bond acceptors (Lipinski definition) is 20. The molecule has 4 aliphatic carbocycles. The van der Waals surface area contributed by atoms with Gasteiger partial charge in [-0.25, -0.2) is 9.59 Å². The van der Waals surface area contributed by atoms with Gasteiger partial charge in [-0.3, -0.25) is 34.6 Å². The molecule has 0 saturated heterocycles. The van der Waals surface area contributed by atoms with Crippen molar-refractivity contribution in [1.29, 1.82) is 0 Å². The monoisotopic (exact) mass is 1700 g/mol. The molecule has 5 amide bonds. The summed E-state index contributed by atoms with van der Waals surface area (Å²) in [5.74, 6) is 3.53. The SMILES string of the molecule is COc1ccc(C(NCCCC[C@H](NC(=O)[C@H](Cc2ccccc2)NC(=O)CCC(=O)NCCOCCOCCOCCOCCOCCOCCOCCNC(=O)O[C@H]2CC[C@@]3(C)C(=CC[C@H]4[C@@H]5CC[C@H]([C@H](C)CCCC(C)C)[C@@]5(C)CC[C@@H]43)C2)C(=O)Nc2ccc(COC(=O)Oc3ccc([N+](=O)[O-])cc3)cc2)(c2ccccc2)c2ccccc2)cc1. The highest BCUT2D eigenvalue weighted by Crippen LogP contribution is 2.67. The van der Waals surface area contributed by atoms with Crippen LogP contribution in [-0.2, 0) is 80.4 Å². The van der Waals surface area contributed by atoms with Crippen LogP contribution in [0.15, 0.2) is 175 Å². The molecule has 0 aromatic heterocycles. The Labute approximate surface area is 725 Å². The lowest BCUT2D eigenvalue weighted by molar-refractivity contribution is -0.384. The number of non-ortho nitro benzene ring substituents is 1. The molecule has 26 nitrogen and oxygen atoms in total. The molecule has 3 saturated carbocycles. The summed E-state index contributed by atoms with van der Waals surface area (Å²) in [7, 11) is 1.63. The maximum Gasteiger partial charge on any atom is 0.514 e. The summed E-state index contributed by atoms with van der Waals surface area (Å²) in [5.41, 5.74) is 5.95. The van der Waals surface area contributed by atoms with Gasteiger partial charge in [-0.2, -0.15) is 0 Å². The predicted molar refractivity (Wildman–Crippen MR) is 470 cm³/mol. The molecular formula is C97H131N7O19. The van der Waals surface area contributed by atoms with Crippen molar-refractivity contribution in [3.05, 3.63) is 213 Å². The lowest BCUT2D eigenvalue weighted by Gasteiger charge is -2.58. The second-order valence-corrected chi connectivity index (χ2v) is 33.7. The van der Waals surface area contributed by atoms with Gasteiger partial charge in [-0.1, -0.05) is 181 Å². The van der Waals surface area contributed by atoms with E-state index in [4.69, 9.17) is 52.1 Å². The highest BCUT2D eigenvalue weighted by molar-refractivity contribution is 5.98. The molecule has 26 heteroatoms. The number of rotatable bonds is 54. The van der Waals surface area contributed by atoms with Gasteiger partial charge in [0.05, 0.1) is 110 Å². The normalized spacial score (nSPS) is 19.8. The van der Waals surface area contributed by atoms with E-state index in [1.165, 1.54) is 81.2 Å². The van der Waals surface area contributed by atoms with E-state index in [0.717, 1.165) is 77.0 Å². The van der Waals surface area contributed by atoms with Crippen molar-refractivity contribution in [2.45, 2.75) is 174 Å². The first-order valence-corrected chi connectivity index (χ1v) is 44.3. The number of nitrogens with one attached hydrogen (secondary N) is 6. The van der Waals surface area contributed by atoms with Crippen molar-refractivity contribution in [2.75, 3.05) is 125 Å². The average Bonchev–Trinajstić information content (AvgIpc) is 1.67. The van der Waals surface area contributed by atoms with Crippen LogP contribution in [-0.4, -0.2) is 178 Å². The Morgan fingerprint density at radius 3 is 1.67 bits per heavy atom. The zero-order chi connectivity index (χ0) is 87.1. The summed E-state index contributed by atoms with van der Waals surface area (Å²) in [6.45, 7) is 18.5. The number of nitro groups is 1. The lowest BCUT2D eigenvalue weighted by Crippen LogP contribution is -2.53. The molecule has 6 N–H and O–H groups in total. The fourth-order valence-corrected chi connectivity index (χ4v) is 18.6. The number of carbonyl (C=O) groups excluding carboxylic acids is 6. The molecule has 6 aromatic carbocycles. The van der Waals surface area contributed by atoms with Gasteiger partial charge >= 0.3 is 12.2 Å². The Hall–Kier alpha value is -9.64. The lowest BCUT2D eigenvalue weighted by atomic mass is 9.47. The Kier molecular flexibility index (Phi) is 39.1. The van der Waals surface area contributed by atoms with E-state index in [1.807, 2.05) is 91.0 Å². The molecule has 123 heavy (non-hydrogen) atoms. The van der Waals surface area contributed by atoms with Gasteiger partial charge in [0.1, 0.15) is 36.3 Å². The Morgan fingerprint density at radius 1 is 0.528 bits per heavy atom. The van der Waals surface area contributed by atoms with E-state index >= 15 is 0 Å². The number of alkyl carbamates (subject to hydrolysis) is 1. The van der Waals surface area contributed by atoms with Gasteiger partial charge in [0.15, 0.2) is 0 Å². The summed E-state index contributed by atoms with van der Waals surface area (Å²) in [5, 5.41) is 29.3. The second kappa shape index (κ2) is 50.3. The molecule has 0 aliphatic heterocycles. The highest BCUT2D eigenvalue weighted by atomic mass is 16.7. The first-order chi connectivity index (χ1) is 59.7. The number of benzene rings is 6. The third kappa shape index (κ3) is 29.5. The molecule has 0 heterocycles. The van der Waals surface area contributed by atoms with Gasteiger partial charge in [-0.15, -0.1) is 0 Å². The van der Waals surface area contributed by atoms with Crippen molar-refractivity contribution in [2.24, 2.45) is 46.3 Å². The van der Waals surface area contributed by atoms with Gasteiger partial charge in [0.2, 0.25) is 23.6 Å². The van der Waals surface area contributed by atoms with E-state index in [-0.39, 0.29) is 87.0 Å². The van der Waals surface area contributed by atoms with Crippen LogP contribution < -0.4 is 41.4 Å². The Balaban J connectivity index is 0.560. The first-order valence-electron chi connectivity index (χ1n) is 44.3. The van der Waals surface area contributed by atoms with Crippen molar-refractivity contribution >= 4 is 47.3 Å². The number of carbonyl (C=O) groups is 6. The summed E-state index contributed by atoms with van der Waals surface area (Å²) in [6.07, 6.45) is 15.6. The van der Waals surface area contributed by atoms with E-state index in [9.17, 15) is 38.9 Å². The fraction of sp³-hybridized carbons (Fsp3) is 0.546. The second-order valence-electron chi connectivity index (χ2n) is 33.7. The smallest absolute Gasteiger partial charge is 0.497 e. The number of anilines is 1. The number of hydrogen-bond donors (Lipinski definition) is 6. The van der Waals surface area contributed by atoms with Crippen molar-refractivity contribution in [3.63, 3.8) is 0 Å². The summed E-state index contributed by atoms with van der Waals surface area (Å²) >= 11 is 0. The number of ether oxygens (including phenoxy) is 11. The Bertz CT molecular complexity index is 4180. The molecule has 3 fully saturated rings. The topological polar surface area (TPSA) is 319 Å². The minimum Gasteiger partial charge on any atom is -0.497 e. The van der Waals surface area contributed by atoms with Gasteiger partial charge in [0, 0.05) is 56.6 Å². The quantitative estimate of drug-likeness (QED) is 0.00393. The van der Waals surface area contributed by atoms with Crippen LogP contribution in [0.5, 0.6) is 11.5 Å². The van der Waals surface area contributed by atoms with Crippen LogP contribution >= 0.6 is 0 Å². The molecule has 4 aliphatic rings. The minimum atomic E-state index is -1.14. The molecule has 6 aromatic rings. The number of nitro benzene ring substituents is 1. The largest absolute Gasteiger partial charge is 0.514 e. The highest BCUT2D eigenvalue weighted by Gasteiger charge is 2.59. The number of methoxy groups -OCH3 is 1. The molecule has 10 rings (SSSR count). The van der Waals surface area contributed by atoms with Gasteiger partial charge < -0.3 is 78.7 Å². The van der Waals surface area contributed by atoms with Gasteiger partial charge in [0.25, 0.3) is 5.69 Å². The summed E-state index contributed by atoms with van der Waals surface area (Å²) in [6, 6.07) is 46.7. The zero-order valence-corrected chi connectivity index (χ0v) is 72.8. The van der Waals surface area contributed by atoms with E-state index in [0.29, 0.717) is 128 Å². The Morgan fingerprint density at radius 2 is 1.09 bits per heavy atom. The van der Waals surface area contributed by atoms with Crippen LogP contribution in [0.3, 0.4) is 0 Å². The average molecular weight is 1700 g/mol. The maximum absolute atomic E-state index is 14.6. The van der Waals surface area contributed by atoms with Gasteiger partial charge in [-0.05, 0) is 181 Å². The number of unbranched alkanes of at least 4 members (excludes halogenated alkanes) is 1. The minimum absolute atomic E-state index is 0.0595. The van der Waals surface area contributed by atoms with E-state index in [1.54, 1.807) is 31.4 Å². The number of amides is 5. The fourth-order valence-electron chi connectivity index (χ4n) is 18.6. The number of nitrogens with zero attached hydrogens (tertiary/aromatic N) is 1. The number of allylic oxidation sites excluding steroid dienone is 1. The molecule has 668 valence electrons. The van der Waals surface area contributed by atoms with E-state index in [2.05, 4.69) is 96.9 Å². The molecule has 0 radical (unpaired) electrons. The number of fused-ring (bicyclic) bond motifs is 5. The molecular weight excluding hydrogens is 1570 g/mol. The molecule has 10 atom stereocenters. The van der Waals surface area contributed by atoms with E-state index < -0.39 is 46.4 Å². The third-order valence-electron chi connectivity index (χ3n) is 25.1. The van der Waals surface area contributed by atoms with Crippen LogP contribution in [0.4, 0.5) is 21.0 Å². The van der Waals surface area contributed by atoms with Crippen LogP contribution in [0, 0.1) is 56.5 Å². The zero-order valence-electron chi connectivity index (χ0n) is 72.8. The molecule has 0 spiro atoms. The molecule has 0 bridgehead atoms. The maximum atomic E-state index is 14.6. The standard InChI is InChI=1S/C97H131N7O19/c1-70(2)19-18-20-71(3)84-42-43-85-83-41-32-77-68-82(46-48-95(77,4)86(83)47-49-96(84,85)5)122-93(109)99-52-54-115-56-58-117-60-62-119-64-66-120-65-63-118-61-59-116-57-55-114-53-51-98-89(105)44-45-90(106)102-88(67-72-21-10-7-11-22-72)92(108)103-87(91(107)101-78-33-28-73(29-34-78)69-121-94(110)123-81-39-35-79(36-40-81)104(111)112)27-16-17-50-100-97(74-23-12-8-13-24-74,75-25-14-9-15-26-75)76-30-37-80(113-6)38-31-76/h7-15,21-26,28-40,70-71,82-88,100H,16-20,27,41-69H2,1-6H3,(H,98,105)(H,99,109)(H,101,107)(H,102,106)(H,103,108)/t71-,82+,83+,84-,85+,86+,87+,88+,95+,96-/m1/s1. The van der Waals surface area contributed by atoms with Crippen LogP contribution in [0.25, 0.3) is 0 Å².